The Labute approximate surface area is 167 Å². The van der Waals surface area contributed by atoms with E-state index in [1.807, 2.05) is 11.4 Å². The van der Waals surface area contributed by atoms with E-state index in [9.17, 15) is 14.9 Å². The van der Waals surface area contributed by atoms with Crippen LogP contribution in [-0.2, 0) is 0 Å². The van der Waals surface area contributed by atoms with E-state index in [1.165, 1.54) is 23.1 Å². The molecule has 0 unspecified atom stereocenters. The minimum atomic E-state index is -0.581. The van der Waals surface area contributed by atoms with Crippen LogP contribution in [0.4, 0.5) is 5.69 Å². The molecule has 8 heteroatoms. The number of benzene rings is 1. The average Bonchev–Trinajstić information content (AvgIpc) is 3.17. The number of nitro benzene ring substituents is 1. The van der Waals surface area contributed by atoms with Gasteiger partial charge in [-0.05, 0) is 55.4 Å². The first-order valence-electron chi connectivity index (χ1n) is 8.95. The monoisotopic (exact) mass is 407 g/mol. The number of piperidine rings is 1. The molecule has 0 bridgehead atoms. The maximum absolute atomic E-state index is 12.5. The first-order valence-corrected chi connectivity index (χ1v) is 10.2. The van der Waals surface area contributed by atoms with Gasteiger partial charge in [0.1, 0.15) is 5.02 Å². The molecule has 1 aliphatic heterocycles. The number of hydrogen-bond donors (Lipinski definition) is 1. The highest BCUT2D eigenvalue weighted by Gasteiger charge is 2.26. The third-order valence-electron chi connectivity index (χ3n) is 4.99. The van der Waals surface area contributed by atoms with E-state index >= 15 is 0 Å². The lowest BCUT2D eigenvalue weighted by atomic mass is 9.97. The zero-order valence-corrected chi connectivity index (χ0v) is 16.6. The molecule has 3 rings (SSSR count). The van der Waals surface area contributed by atoms with Gasteiger partial charge in [0.2, 0.25) is 0 Å². The van der Waals surface area contributed by atoms with Crippen LogP contribution in [-0.4, -0.2) is 35.4 Å². The van der Waals surface area contributed by atoms with Gasteiger partial charge in [-0.2, -0.15) is 0 Å². The first kappa shape index (κ1) is 19.8. The molecule has 144 valence electrons. The summed E-state index contributed by atoms with van der Waals surface area (Å²) in [4.78, 5) is 26.6. The van der Waals surface area contributed by atoms with E-state index in [0.717, 1.165) is 31.8 Å². The van der Waals surface area contributed by atoms with Crippen molar-refractivity contribution in [3.8, 4) is 0 Å². The van der Waals surface area contributed by atoms with Crippen LogP contribution < -0.4 is 5.32 Å². The molecule has 1 atom stereocenters. The molecule has 6 nitrogen and oxygen atoms in total. The van der Waals surface area contributed by atoms with Gasteiger partial charge in [-0.3, -0.25) is 19.8 Å². The maximum Gasteiger partial charge on any atom is 0.288 e. The number of likely N-dealkylation sites (tertiary alicyclic amines) is 1. The number of thiophene rings is 1. The molecule has 1 aromatic carbocycles. The third kappa shape index (κ3) is 4.86. The highest BCUT2D eigenvalue weighted by molar-refractivity contribution is 7.10. The van der Waals surface area contributed by atoms with Gasteiger partial charge in [0, 0.05) is 23.1 Å². The van der Waals surface area contributed by atoms with Crippen molar-refractivity contribution in [3.63, 3.8) is 0 Å². The van der Waals surface area contributed by atoms with Crippen molar-refractivity contribution in [3.05, 3.63) is 61.3 Å². The molecule has 0 saturated carbocycles. The number of halogens is 1. The summed E-state index contributed by atoms with van der Waals surface area (Å²) >= 11 is 7.51. The molecule has 0 spiro atoms. The summed E-state index contributed by atoms with van der Waals surface area (Å²) in [6.07, 6.45) is 2.30. The summed E-state index contributed by atoms with van der Waals surface area (Å²) in [5.41, 5.74) is -0.0209. The van der Waals surface area contributed by atoms with E-state index < -0.39 is 4.92 Å². The predicted molar refractivity (Wildman–Crippen MR) is 107 cm³/mol. The Kier molecular flexibility index (Phi) is 6.46. The Balaban J connectivity index is 1.71. The second-order valence-electron chi connectivity index (χ2n) is 6.88. The fourth-order valence-electron chi connectivity index (χ4n) is 3.32. The summed E-state index contributed by atoms with van der Waals surface area (Å²) in [6.45, 7) is 4.74. The van der Waals surface area contributed by atoms with Crippen LogP contribution >= 0.6 is 22.9 Å². The molecular formula is C19H22ClN3O3S. The highest BCUT2D eigenvalue weighted by Crippen LogP contribution is 2.29. The molecular weight excluding hydrogens is 386 g/mol. The van der Waals surface area contributed by atoms with Gasteiger partial charge in [-0.15, -0.1) is 11.3 Å². The van der Waals surface area contributed by atoms with Crippen molar-refractivity contribution in [2.75, 3.05) is 19.6 Å². The normalized spacial score (nSPS) is 16.8. The van der Waals surface area contributed by atoms with Crippen molar-refractivity contribution in [2.24, 2.45) is 5.92 Å². The molecule has 2 aromatic rings. The number of nitrogens with one attached hydrogen (secondary N) is 1. The van der Waals surface area contributed by atoms with Crippen LogP contribution in [0.2, 0.25) is 5.02 Å². The van der Waals surface area contributed by atoms with E-state index in [2.05, 4.69) is 23.2 Å². The van der Waals surface area contributed by atoms with Crippen molar-refractivity contribution >= 4 is 34.5 Å². The van der Waals surface area contributed by atoms with Gasteiger partial charge in [0.15, 0.2) is 0 Å². The van der Waals surface area contributed by atoms with Crippen molar-refractivity contribution in [1.29, 1.82) is 0 Å². The highest BCUT2D eigenvalue weighted by atomic mass is 35.5. The van der Waals surface area contributed by atoms with Gasteiger partial charge in [0.05, 0.1) is 11.0 Å². The number of nitro groups is 1. The number of amides is 1. The van der Waals surface area contributed by atoms with Crippen LogP contribution in [0.1, 0.15) is 41.0 Å². The standard InChI is InChI=1S/C19H22ClN3O3S/c1-13-6-8-22(9-7-13)17(18-3-2-10-27-18)12-21-19(24)14-4-5-15(20)16(11-14)23(25)26/h2-5,10-11,13,17H,6-9,12H2,1H3,(H,21,24)/t17-/m1/s1. The van der Waals surface area contributed by atoms with E-state index in [1.54, 1.807) is 11.3 Å². The summed E-state index contributed by atoms with van der Waals surface area (Å²) in [5, 5.41) is 16.0. The topological polar surface area (TPSA) is 75.5 Å². The van der Waals surface area contributed by atoms with Crippen LogP contribution in [0.5, 0.6) is 0 Å². The van der Waals surface area contributed by atoms with Gasteiger partial charge < -0.3 is 5.32 Å². The van der Waals surface area contributed by atoms with Crippen molar-refractivity contribution in [1.82, 2.24) is 10.2 Å². The largest absolute Gasteiger partial charge is 0.350 e. The molecule has 1 fully saturated rings. The molecule has 27 heavy (non-hydrogen) atoms. The van der Waals surface area contributed by atoms with Crippen LogP contribution in [0.3, 0.4) is 0 Å². The van der Waals surface area contributed by atoms with Crippen LogP contribution in [0, 0.1) is 16.0 Å². The number of rotatable bonds is 6. The molecule has 1 saturated heterocycles. The number of carbonyl (C=O) groups is 1. The minimum Gasteiger partial charge on any atom is -0.350 e. The second-order valence-corrected chi connectivity index (χ2v) is 8.27. The lowest BCUT2D eigenvalue weighted by Gasteiger charge is -2.36. The summed E-state index contributed by atoms with van der Waals surface area (Å²) in [6, 6.07) is 8.34. The maximum atomic E-state index is 12.5. The quantitative estimate of drug-likeness (QED) is 0.564. The molecule has 2 heterocycles. The number of hydrogen-bond acceptors (Lipinski definition) is 5. The van der Waals surface area contributed by atoms with Crippen molar-refractivity contribution in [2.45, 2.75) is 25.8 Å². The summed E-state index contributed by atoms with van der Waals surface area (Å²) in [5.74, 6) is 0.399. The van der Waals surface area contributed by atoms with Gasteiger partial charge in [-0.25, -0.2) is 0 Å². The Morgan fingerprint density at radius 3 is 2.78 bits per heavy atom. The lowest BCUT2D eigenvalue weighted by molar-refractivity contribution is -0.384. The SMILES string of the molecule is CC1CCN([C@H](CNC(=O)c2ccc(Cl)c([N+](=O)[O-])c2)c2cccs2)CC1. The Morgan fingerprint density at radius 1 is 1.41 bits per heavy atom. The van der Waals surface area contributed by atoms with Crippen molar-refractivity contribution < 1.29 is 9.72 Å². The fourth-order valence-corrected chi connectivity index (χ4v) is 4.36. The molecule has 1 N–H and O–H groups in total. The van der Waals surface area contributed by atoms with Gasteiger partial charge in [0.25, 0.3) is 11.6 Å². The average molecular weight is 408 g/mol. The molecule has 1 aliphatic rings. The number of carbonyl (C=O) groups excluding carboxylic acids is 1. The van der Waals surface area contributed by atoms with Crippen LogP contribution in [0.15, 0.2) is 35.7 Å². The second kappa shape index (κ2) is 8.82. The first-order chi connectivity index (χ1) is 13.0. The van der Waals surface area contributed by atoms with Gasteiger partial charge in [-0.1, -0.05) is 24.6 Å². The molecule has 1 amide bonds. The number of nitrogens with zero attached hydrogens (tertiary/aromatic N) is 2. The zero-order chi connectivity index (χ0) is 19.4. The molecule has 1 aromatic heterocycles. The Hall–Kier alpha value is -1.96. The minimum absolute atomic E-state index is 0.0236. The Morgan fingerprint density at radius 2 is 2.15 bits per heavy atom. The zero-order valence-electron chi connectivity index (χ0n) is 15.1. The van der Waals surface area contributed by atoms with E-state index in [-0.39, 0.29) is 28.2 Å². The molecule has 0 aliphatic carbocycles. The van der Waals surface area contributed by atoms with E-state index in [4.69, 9.17) is 11.6 Å². The summed E-state index contributed by atoms with van der Waals surface area (Å²) in [7, 11) is 0. The smallest absolute Gasteiger partial charge is 0.288 e. The lowest BCUT2D eigenvalue weighted by Crippen LogP contribution is -2.41. The van der Waals surface area contributed by atoms with E-state index in [0.29, 0.717) is 6.54 Å². The third-order valence-corrected chi connectivity index (χ3v) is 6.28. The predicted octanol–water partition coefficient (Wildman–Crippen LogP) is 4.51. The van der Waals surface area contributed by atoms with Gasteiger partial charge >= 0.3 is 0 Å². The fraction of sp³-hybridized carbons (Fsp3) is 0.421. The summed E-state index contributed by atoms with van der Waals surface area (Å²) < 4.78 is 0. The van der Waals surface area contributed by atoms with Crippen LogP contribution in [0.25, 0.3) is 0 Å². The molecule has 0 radical (unpaired) electrons. The Bertz CT molecular complexity index is 805.